The van der Waals surface area contributed by atoms with Gasteiger partial charge in [-0.3, -0.25) is 10.1 Å². The fraction of sp³-hybridized carbons (Fsp3) is 0.143. The van der Waals surface area contributed by atoms with Gasteiger partial charge in [0.15, 0.2) is 0 Å². The molecule has 1 rings (SSSR count). The topological polar surface area (TPSA) is 78.2 Å². The van der Waals surface area contributed by atoms with E-state index in [1.54, 1.807) is 0 Å². The summed E-state index contributed by atoms with van der Waals surface area (Å²) in [6, 6.07) is 0. The van der Waals surface area contributed by atoms with Crippen LogP contribution < -0.4 is 4.74 Å². The van der Waals surface area contributed by atoms with Gasteiger partial charge < -0.3 is 4.74 Å². The molecule has 0 saturated heterocycles. The summed E-state index contributed by atoms with van der Waals surface area (Å²) in [5.41, 5.74) is -0.434. The summed E-state index contributed by atoms with van der Waals surface area (Å²) < 4.78 is 4.93. The first kappa shape index (κ1) is 10.4. The molecule has 6 nitrogen and oxygen atoms in total. The van der Waals surface area contributed by atoms with Crippen molar-refractivity contribution in [1.29, 1.82) is 0 Å². The molecule has 0 atom stereocenters. The largest absolute Gasteiger partial charge is 0.468 e. The number of aromatic nitrogens is 2. The molecule has 1 heterocycles. The third kappa shape index (κ3) is 2.17. The molecule has 1 aromatic rings. The minimum atomic E-state index is -0.694. The van der Waals surface area contributed by atoms with E-state index in [-0.39, 0.29) is 17.6 Å². The van der Waals surface area contributed by atoms with Gasteiger partial charge in [-0.1, -0.05) is 24.3 Å². The number of halogens is 1. The van der Waals surface area contributed by atoms with Crippen LogP contribution in [0.2, 0.25) is 5.15 Å². The van der Waals surface area contributed by atoms with Crippen molar-refractivity contribution in [3.63, 3.8) is 0 Å². The van der Waals surface area contributed by atoms with Crippen molar-refractivity contribution in [2.24, 2.45) is 0 Å². The molecule has 0 bridgehead atoms. The van der Waals surface area contributed by atoms with Crippen LogP contribution in [0.25, 0.3) is 0 Å². The molecule has 0 N–H and O–H groups in total. The summed E-state index contributed by atoms with van der Waals surface area (Å²) in [6.07, 6.45) is 2.54. The van der Waals surface area contributed by atoms with Crippen LogP contribution >= 0.6 is 11.6 Å². The van der Waals surface area contributed by atoms with Crippen LogP contribution in [0.5, 0.6) is 5.88 Å². The second-order valence-electron chi connectivity index (χ2n) is 2.18. The zero-order valence-electron chi connectivity index (χ0n) is 7.01. The first-order chi connectivity index (χ1) is 6.66. The quantitative estimate of drug-likeness (QED) is 0.330. The molecule has 14 heavy (non-hydrogen) atoms. The predicted octanol–water partition coefficient (Wildman–Crippen LogP) is 1.60. The molecule has 74 valence electrons. The highest BCUT2D eigenvalue weighted by atomic mass is 35.5. The number of hydrogen-bond donors (Lipinski definition) is 0. The molecule has 0 aromatic carbocycles. The molecule has 1 aromatic heterocycles. The molecule has 0 fully saturated rings. The van der Waals surface area contributed by atoms with E-state index in [1.807, 2.05) is 0 Å². The highest BCUT2D eigenvalue weighted by molar-refractivity contribution is 6.31. The van der Waals surface area contributed by atoms with E-state index in [9.17, 15) is 10.1 Å². The molecular formula is C7H6ClN3O3. The average molecular weight is 216 g/mol. The molecule has 0 spiro atoms. The lowest BCUT2D eigenvalue weighted by Crippen LogP contribution is -2.01. The van der Waals surface area contributed by atoms with Gasteiger partial charge in [0.2, 0.25) is 5.15 Å². The normalized spacial score (nSPS) is 9.50. The Labute approximate surface area is 84.3 Å². The standard InChI is InChI=1S/C7H6ClN3O3/c1-2-3-14-7-5(11(12)13)6(8)9-4-10-7/h2,4H,1,3H2. The monoisotopic (exact) mass is 215 g/mol. The van der Waals surface area contributed by atoms with Crippen LogP contribution in [0.3, 0.4) is 0 Å². The van der Waals surface area contributed by atoms with Crippen molar-refractivity contribution in [2.45, 2.75) is 0 Å². The summed E-state index contributed by atoms with van der Waals surface area (Å²) in [7, 11) is 0. The van der Waals surface area contributed by atoms with E-state index in [1.165, 1.54) is 6.08 Å². The Balaban J connectivity index is 3.07. The number of nitro groups is 1. The fourth-order valence-corrected chi connectivity index (χ4v) is 0.933. The van der Waals surface area contributed by atoms with Crippen LogP contribution in [0, 0.1) is 10.1 Å². The second-order valence-corrected chi connectivity index (χ2v) is 2.53. The van der Waals surface area contributed by atoms with E-state index in [0.717, 1.165) is 6.33 Å². The molecule has 0 unspecified atom stereocenters. The van der Waals surface area contributed by atoms with Crippen molar-refractivity contribution in [3.8, 4) is 5.88 Å². The van der Waals surface area contributed by atoms with Gasteiger partial charge >= 0.3 is 5.69 Å². The van der Waals surface area contributed by atoms with Gasteiger partial charge in [-0.15, -0.1) is 0 Å². The summed E-state index contributed by atoms with van der Waals surface area (Å²) in [4.78, 5) is 16.9. The summed E-state index contributed by atoms with van der Waals surface area (Å²) in [5.74, 6) is -0.157. The van der Waals surface area contributed by atoms with E-state index < -0.39 is 10.6 Å². The van der Waals surface area contributed by atoms with Crippen LogP contribution in [0.1, 0.15) is 0 Å². The van der Waals surface area contributed by atoms with Crippen LogP contribution in [0.4, 0.5) is 5.69 Å². The number of rotatable bonds is 4. The lowest BCUT2D eigenvalue weighted by molar-refractivity contribution is -0.386. The van der Waals surface area contributed by atoms with Crippen LogP contribution in [-0.4, -0.2) is 21.5 Å². The molecule has 0 amide bonds. The first-order valence-electron chi connectivity index (χ1n) is 3.55. The summed E-state index contributed by atoms with van der Waals surface area (Å²) in [5, 5.41) is 10.3. The first-order valence-corrected chi connectivity index (χ1v) is 3.93. The van der Waals surface area contributed by atoms with E-state index >= 15 is 0 Å². The molecule has 0 aliphatic heterocycles. The van der Waals surface area contributed by atoms with Crippen molar-refractivity contribution >= 4 is 17.3 Å². The molecule has 0 aliphatic rings. The Hall–Kier alpha value is -1.69. The fourth-order valence-electron chi connectivity index (χ4n) is 0.739. The third-order valence-corrected chi connectivity index (χ3v) is 1.54. The number of nitrogens with zero attached hydrogens (tertiary/aromatic N) is 3. The predicted molar refractivity (Wildman–Crippen MR) is 49.4 cm³/mol. The van der Waals surface area contributed by atoms with Gasteiger partial charge in [0.1, 0.15) is 12.9 Å². The zero-order chi connectivity index (χ0) is 10.6. The summed E-state index contributed by atoms with van der Waals surface area (Å²) >= 11 is 5.50. The van der Waals surface area contributed by atoms with Crippen molar-refractivity contribution < 1.29 is 9.66 Å². The number of ether oxygens (including phenoxy) is 1. The van der Waals surface area contributed by atoms with E-state index in [0.29, 0.717) is 0 Å². The summed E-state index contributed by atoms with van der Waals surface area (Å²) in [6.45, 7) is 3.52. The SMILES string of the molecule is C=CCOc1ncnc(Cl)c1[N+](=O)[O-]. The van der Waals surface area contributed by atoms with Crippen molar-refractivity contribution in [2.75, 3.05) is 6.61 Å². The maximum atomic E-state index is 10.5. The molecule has 0 aliphatic carbocycles. The maximum Gasteiger partial charge on any atom is 0.367 e. The molecular weight excluding hydrogens is 210 g/mol. The lowest BCUT2D eigenvalue weighted by atomic mass is 10.5. The average Bonchev–Trinajstić information content (AvgIpc) is 2.14. The smallest absolute Gasteiger partial charge is 0.367 e. The third-order valence-electron chi connectivity index (χ3n) is 1.26. The zero-order valence-corrected chi connectivity index (χ0v) is 7.77. The molecule has 7 heteroatoms. The maximum absolute atomic E-state index is 10.5. The second kappa shape index (κ2) is 4.52. The highest BCUT2D eigenvalue weighted by Gasteiger charge is 2.22. The van der Waals surface area contributed by atoms with E-state index in [2.05, 4.69) is 16.5 Å². The Morgan fingerprint density at radius 1 is 1.71 bits per heavy atom. The van der Waals surface area contributed by atoms with Gasteiger partial charge in [0.25, 0.3) is 5.88 Å². The van der Waals surface area contributed by atoms with Gasteiger partial charge in [0, 0.05) is 0 Å². The van der Waals surface area contributed by atoms with Crippen LogP contribution in [-0.2, 0) is 0 Å². The minimum absolute atomic E-state index is 0.119. The molecule has 0 radical (unpaired) electrons. The minimum Gasteiger partial charge on any atom is -0.468 e. The molecule has 0 saturated carbocycles. The lowest BCUT2D eigenvalue weighted by Gasteiger charge is -2.02. The Kier molecular flexibility index (Phi) is 3.35. The Bertz CT molecular complexity index is 369. The van der Waals surface area contributed by atoms with Crippen molar-refractivity contribution in [3.05, 3.63) is 34.2 Å². The van der Waals surface area contributed by atoms with Crippen molar-refractivity contribution in [1.82, 2.24) is 9.97 Å². The van der Waals surface area contributed by atoms with Gasteiger partial charge in [-0.25, -0.2) is 4.98 Å². The highest BCUT2D eigenvalue weighted by Crippen LogP contribution is 2.29. The Morgan fingerprint density at radius 2 is 2.43 bits per heavy atom. The van der Waals surface area contributed by atoms with Gasteiger partial charge in [-0.05, 0) is 0 Å². The number of hydrogen-bond acceptors (Lipinski definition) is 5. The Morgan fingerprint density at radius 3 is 3.00 bits per heavy atom. The van der Waals surface area contributed by atoms with Gasteiger partial charge in [-0.2, -0.15) is 4.98 Å². The van der Waals surface area contributed by atoms with Crippen LogP contribution in [0.15, 0.2) is 19.0 Å². The van der Waals surface area contributed by atoms with E-state index in [4.69, 9.17) is 16.3 Å². The van der Waals surface area contributed by atoms with Gasteiger partial charge in [0.05, 0.1) is 4.92 Å².